The van der Waals surface area contributed by atoms with Crippen molar-refractivity contribution in [3.05, 3.63) is 29.8 Å². The molecule has 0 aromatic heterocycles. The van der Waals surface area contributed by atoms with Gasteiger partial charge in [-0.3, -0.25) is 4.90 Å². The van der Waals surface area contributed by atoms with Crippen molar-refractivity contribution in [1.82, 2.24) is 4.90 Å². The van der Waals surface area contributed by atoms with E-state index in [-0.39, 0.29) is 11.5 Å². The molecule has 0 atom stereocenters. The second kappa shape index (κ2) is 7.50. The van der Waals surface area contributed by atoms with Gasteiger partial charge < -0.3 is 5.73 Å². The normalized spacial score (nSPS) is 11.9. The predicted molar refractivity (Wildman–Crippen MR) is 80.8 cm³/mol. The second-order valence-electron chi connectivity index (χ2n) is 4.70. The van der Waals surface area contributed by atoms with E-state index >= 15 is 0 Å². The number of nitrogens with two attached hydrogens (primary N) is 1. The lowest BCUT2D eigenvalue weighted by atomic mass is 10.2. The van der Waals surface area contributed by atoms with Crippen LogP contribution in [-0.2, 0) is 16.4 Å². The fourth-order valence-corrected chi connectivity index (χ4v) is 2.81. The molecule has 0 aliphatic carbocycles. The Bertz CT molecular complexity index is 486. The lowest BCUT2D eigenvalue weighted by Crippen LogP contribution is -2.26. The molecule has 108 valence electrons. The van der Waals surface area contributed by atoms with E-state index in [0.717, 1.165) is 25.3 Å². The Hall–Kier alpha value is -1.07. The van der Waals surface area contributed by atoms with Crippen LogP contribution in [0.3, 0.4) is 0 Å². The van der Waals surface area contributed by atoms with Crippen molar-refractivity contribution in [2.24, 2.45) is 0 Å². The highest BCUT2D eigenvalue weighted by molar-refractivity contribution is 7.91. The van der Waals surface area contributed by atoms with Crippen LogP contribution < -0.4 is 5.73 Å². The molecular weight excluding hydrogens is 260 g/mol. The van der Waals surface area contributed by atoms with E-state index in [1.165, 1.54) is 5.56 Å². The maximum Gasteiger partial charge on any atom is 0.150 e. The number of hydrogen-bond acceptors (Lipinski definition) is 4. The van der Waals surface area contributed by atoms with E-state index in [4.69, 9.17) is 5.73 Å². The SMILES string of the molecule is CCN(CCCS(=O)(=O)CC)Cc1cccc(N)c1. The van der Waals surface area contributed by atoms with Crippen LogP contribution in [0.4, 0.5) is 5.69 Å². The van der Waals surface area contributed by atoms with Crippen molar-refractivity contribution >= 4 is 15.5 Å². The Morgan fingerprint density at radius 1 is 1.26 bits per heavy atom. The molecule has 0 aliphatic rings. The first kappa shape index (κ1) is 16.0. The van der Waals surface area contributed by atoms with E-state index in [2.05, 4.69) is 11.8 Å². The Labute approximate surface area is 116 Å². The molecule has 4 nitrogen and oxygen atoms in total. The number of nitrogen functional groups attached to an aromatic ring is 1. The standard InChI is InChI=1S/C14H24N2O2S/c1-3-16(9-6-10-19(17,18)4-2)12-13-7-5-8-14(15)11-13/h5,7-8,11H,3-4,6,9-10,12,15H2,1-2H3. The summed E-state index contributed by atoms with van der Waals surface area (Å²) in [4.78, 5) is 2.24. The Kier molecular flexibility index (Phi) is 6.31. The molecule has 2 N–H and O–H groups in total. The van der Waals surface area contributed by atoms with Gasteiger partial charge in [-0.25, -0.2) is 8.42 Å². The molecule has 0 saturated heterocycles. The zero-order valence-corrected chi connectivity index (χ0v) is 12.6. The van der Waals surface area contributed by atoms with Gasteiger partial charge >= 0.3 is 0 Å². The number of rotatable bonds is 8. The van der Waals surface area contributed by atoms with Crippen molar-refractivity contribution in [1.29, 1.82) is 0 Å². The average molecular weight is 284 g/mol. The molecule has 0 fully saturated rings. The van der Waals surface area contributed by atoms with E-state index in [0.29, 0.717) is 6.42 Å². The Balaban J connectivity index is 2.46. The molecule has 0 amide bonds. The number of anilines is 1. The minimum Gasteiger partial charge on any atom is -0.399 e. The average Bonchev–Trinajstić information content (AvgIpc) is 2.37. The highest BCUT2D eigenvalue weighted by Crippen LogP contribution is 2.10. The predicted octanol–water partition coefficient (Wildman–Crippen LogP) is 1.92. The molecule has 0 radical (unpaired) electrons. The number of benzene rings is 1. The number of hydrogen-bond donors (Lipinski definition) is 1. The highest BCUT2D eigenvalue weighted by atomic mass is 32.2. The van der Waals surface area contributed by atoms with Gasteiger partial charge in [0.25, 0.3) is 0 Å². The first-order valence-electron chi connectivity index (χ1n) is 6.74. The Morgan fingerprint density at radius 2 is 2.00 bits per heavy atom. The molecule has 19 heavy (non-hydrogen) atoms. The zero-order chi connectivity index (χ0) is 14.3. The molecule has 1 rings (SSSR count). The van der Waals surface area contributed by atoms with E-state index in [9.17, 15) is 8.42 Å². The first-order valence-corrected chi connectivity index (χ1v) is 8.56. The summed E-state index contributed by atoms with van der Waals surface area (Å²) in [6, 6.07) is 7.82. The van der Waals surface area contributed by atoms with Crippen LogP contribution in [0.25, 0.3) is 0 Å². The van der Waals surface area contributed by atoms with E-state index in [1.54, 1.807) is 6.92 Å². The minimum absolute atomic E-state index is 0.230. The molecule has 0 heterocycles. The van der Waals surface area contributed by atoms with Gasteiger partial charge in [0.2, 0.25) is 0 Å². The smallest absolute Gasteiger partial charge is 0.150 e. The van der Waals surface area contributed by atoms with Gasteiger partial charge in [0, 0.05) is 18.0 Å². The molecule has 0 unspecified atom stereocenters. The van der Waals surface area contributed by atoms with Crippen LogP contribution in [0, 0.1) is 0 Å². The van der Waals surface area contributed by atoms with Gasteiger partial charge in [0.05, 0.1) is 5.75 Å². The summed E-state index contributed by atoms with van der Waals surface area (Å²) in [6.07, 6.45) is 0.687. The van der Waals surface area contributed by atoms with Crippen molar-refractivity contribution in [3.8, 4) is 0 Å². The van der Waals surface area contributed by atoms with Crippen LogP contribution in [0.15, 0.2) is 24.3 Å². The summed E-state index contributed by atoms with van der Waals surface area (Å²) in [5, 5.41) is 0. The molecule has 1 aromatic carbocycles. The lowest BCUT2D eigenvalue weighted by Gasteiger charge is -2.20. The van der Waals surface area contributed by atoms with Crippen LogP contribution in [0.5, 0.6) is 0 Å². The third-order valence-corrected chi connectivity index (χ3v) is 4.96. The topological polar surface area (TPSA) is 63.4 Å². The van der Waals surface area contributed by atoms with Crippen molar-refractivity contribution in [2.45, 2.75) is 26.8 Å². The largest absolute Gasteiger partial charge is 0.399 e. The van der Waals surface area contributed by atoms with Crippen molar-refractivity contribution < 1.29 is 8.42 Å². The fourth-order valence-electron chi connectivity index (χ4n) is 1.95. The molecular formula is C14H24N2O2S. The van der Waals surface area contributed by atoms with Gasteiger partial charge in [-0.1, -0.05) is 26.0 Å². The van der Waals surface area contributed by atoms with Gasteiger partial charge in [-0.05, 0) is 37.2 Å². The highest BCUT2D eigenvalue weighted by Gasteiger charge is 2.09. The summed E-state index contributed by atoms with van der Waals surface area (Å²) in [5.41, 5.74) is 7.69. The summed E-state index contributed by atoms with van der Waals surface area (Å²) < 4.78 is 22.9. The van der Waals surface area contributed by atoms with Crippen LogP contribution in [-0.4, -0.2) is 37.9 Å². The molecule has 0 aliphatic heterocycles. The van der Waals surface area contributed by atoms with Crippen LogP contribution in [0.1, 0.15) is 25.8 Å². The summed E-state index contributed by atoms with van der Waals surface area (Å²) in [7, 11) is -2.85. The second-order valence-corrected chi connectivity index (χ2v) is 7.18. The third kappa shape index (κ3) is 6.07. The Morgan fingerprint density at radius 3 is 2.58 bits per heavy atom. The van der Waals surface area contributed by atoms with Crippen molar-refractivity contribution in [3.63, 3.8) is 0 Å². The van der Waals surface area contributed by atoms with E-state index < -0.39 is 9.84 Å². The van der Waals surface area contributed by atoms with Gasteiger partial charge in [0.1, 0.15) is 9.84 Å². The van der Waals surface area contributed by atoms with Crippen LogP contribution >= 0.6 is 0 Å². The lowest BCUT2D eigenvalue weighted by molar-refractivity contribution is 0.281. The molecule has 0 bridgehead atoms. The zero-order valence-electron chi connectivity index (χ0n) is 11.8. The van der Waals surface area contributed by atoms with E-state index in [1.807, 2.05) is 24.3 Å². The summed E-state index contributed by atoms with van der Waals surface area (Å²) in [6.45, 7) is 6.29. The number of sulfone groups is 1. The fraction of sp³-hybridized carbons (Fsp3) is 0.571. The molecule has 0 saturated carbocycles. The van der Waals surface area contributed by atoms with Gasteiger partial charge in [0.15, 0.2) is 0 Å². The summed E-state index contributed by atoms with van der Waals surface area (Å²) >= 11 is 0. The molecule has 5 heteroatoms. The summed E-state index contributed by atoms with van der Waals surface area (Å²) in [5.74, 6) is 0.505. The van der Waals surface area contributed by atoms with Gasteiger partial charge in [-0.2, -0.15) is 0 Å². The van der Waals surface area contributed by atoms with Crippen molar-refractivity contribution in [2.75, 3.05) is 30.3 Å². The monoisotopic (exact) mass is 284 g/mol. The maximum atomic E-state index is 11.4. The minimum atomic E-state index is -2.85. The quantitative estimate of drug-likeness (QED) is 0.741. The third-order valence-electron chi connectivity index (χ3n) is 3.17. The van der Waals surface area contributed by atoms with Crippen LogP contribution in [0.2, 0.25) is 0 Å². The van der Waals surface area contributed by atoms with Gasteiger partial charge in [-0.15, -0.1) is 0 Å². The molecule has 0 spiro atoms. The maximum absolute atomic E-state index is 11.4. The molecule has 1 aromatic rings. The number of nitrogens with zero attached hydrogens (tertiary/aromatic N) is 1. The first-order chi connectivity index (χ1) is 8.96.